The third kappa shape index (κ3) is 3.50. The van der Waals surface area contributed by atoms with Crippen LogP contribution in [-0.4, -0.2) is 35.1 Å². The Morgan fingerprint density at radius 1 is 1.52 bits per heavy atom. The summed E-state index contributed by atoms with van der Waals surface area (Å²) in [5, 5.41) is 12.2. The van der Waals surface area contributed by atoms with E-state index in [9.17, 15) is 9.90 Å². The number of methoxy groups -OCH3 is 1. The van der Waals surface area contributed by atoms with Crippen molar-refractivity contribution in [3.63, 3.8) is 0 Å². The number of phenolic OH excluding ortho intramolecular Hbond substituents is 1. The van der Waals surface area contributed by atoms with E-state index in [0.717, 1.165) is 10.6 Å². The summed E-state index contributed by atoms with van der Waals surface area (Å²) in [7, 11) is 3.17. The summed E-state index contributed by atoms with van der Waals surface area (Å²) < 4.78 is 4.99. The topological polar surface area (TPSA) is 88.7 Å². The number of carbonyl (C=O) groups is 1. The molecular formula is C14H17N3O3S. The van der Waals surface area contributed by atoms with Crippen LogP contribution in [0.15, 0.2) is 23.6 Å². The minimum absolute atomic E-state index is 0.0509. The summed E-state index contributed by atoms with van der Waals surface area (Å²) in [6, 6.07) is 5.04. The molecule has 2 rings (SSSR count). The van der Waals surface area contributed by atoms with Gasteiger partial charge in [-0.1, -0.05) is 6.07 Å². The maximum absolute atomic E-state index is 12.2. The molecule has 0 radical (unpaired) electrons. The third-order valence-electron chi connectivity index (χ3n) is 2.96. The Labute approximate surface area is 126 Å². The first-order chi connectivity index (χ1) is 10.0. The monoisotopic (exact) mass is 307 g/mol. The quantitative estimate of drug-likeness (QED) is 0.875. The van der Waals surface area contributed by atoms with Gasteiger partial charge in [-0.3, -0.25) is 4.79 Å². The van der Waals surface area contributed by atoms with Crippen LogP contribution in [0, 0.1) is 0 Å². The van der Waals surface area contributed by atoms with Gasteiger partial charge in [0.15, 0.2) is 11.5 Å². The summed E-state index contributed by atoms with van der Waals surface area (Å²) in [5.74, 6) is 0.274. The number of ether oxygens (including phenoxy) is 1. The van der Waals surface area contributed by atoms with Crippen molar-refractivity contribution in [2.45, 2.75) is 13.1 Å². The van der Waals surface area contributed by atoms with Gasteiger partial charge < -0.3 is 20.5 Å². The van der Waals surface area contributed by atoms with Crippen LogP contribution in [0.1, 0.15) is 21.1 Å². The Bertz CT molecular complexity index is 642. The van der Waals surface area contributed by atoms with Gasteiger partial charge in [-0.25, -0.2) is 4.98 Å². The molecule has 0 bridgehead atoms. The lowest BCUT2D eigenvalue weighted by molar-refractivity contribution is 0.0779. The summed E-state index contributed by atoms with van der Waals surface area (Å²) >= 11 is 1.37. The van der Waals surface area contributed by atoms with Gasteiger partial charge in [0.05, 0.1) is 7.11 Å². The predicted molar refractivity (Wildman–Crippen MR) is 80.5 cm³/mol. The standard InChI is InChI=1S/C14H17N3O3S/c1-17(14(19)10-8-21-13(6-15)16-10)7-9-3-4-12(20-2)11(18)5-9/h3-5,8,18H,6-7,15H2,1-2H3. The largest absolute Gasteiger partial charge is 0.504 e. The molecule has 0 atom stereocenters. The predicted octanol–water partition coefficient (Wildman–Crippen LogP) is 1.59. The van der Waals surface area contributed by atoms with E-state index < -0.39 is 0 Å². The Balaban J connectivity index is 2.08. The van der Waals surface area contributed by atoms with Crippen molar-refractivity contribution < 1.29 is 14.6 Å². The Kier molecular flexibility index (Phi) is 4.77. The molecule has 6 nitrogen and oxygen atoms in total. The highest BCUT2D eigenvalue weighted by atomic mass is 32.1. The number of amides is 1. The van der Waals surface area contributed by atoms with Gasteiger partial charge >= 0.3 is 0 Å². The fourth-order valence-corrected chi connectivity index (χ4v) is 2.53. The number of rotatable bonds is 5. The van der Waals surface area contributed by atoms with E-state index >= 15 is 0 Å². The number of hydrogen-bond donors (Lipinski definition) is 2. The second-order valence-electron chi connectivity index (χ2n) is 4.50. The van der Waals surface area contributed by atoms with Gasteiger partial charge in [0.25, 0.3) is 5.91 Å². The summed E-state index contributed by atoms with van der Waals surface area (Å²) in [6.07, 6.45) is 0. The fourth-order valence-electron chi connectivity index (χ4n) is 1.88. The van der Waals surface area contributed by atoms with Crippen molar-refractivity contribution in [2.24, 2.45) is 5.73 Å². The molecule has 0 spiro atoms. The van der Waals surface area contributed by atoms with Crippen LogP contribution in [0.2, 0.25) is 0 Å². The number of thiazole rings is 1. The Hall–Kier alpha value is -2.12. The maximum atomic E-state index is 12.2. The minimum atomic E-state index is -0.179. The van der Waals surface area contributed by atoms with Crippen molar-refractivity contribution in [1.29, 1.82) is 0 Å². The first kappa shape index (κ1) is 15.3. The number of aromatic nitrogens is 1. The highest BCUT2D eigenvalue weighted by molar-refractivity contribution is 7.09. The highest BCUT2D eigenvalue weighted by Gasteiger charge is 2.16. The summed E-state index contributed by atoms with van der Waals surface area (Å²) in [4.78, 5) is 17.9. The van der Waals surface area contributed by atoms with Crippen molar-refractivity contribution in [1.82, 2.24) is 9.88 Å². The van der Waals surface area contributed by atoms with E-state index in [4.69, 9.17) is 10.5 Å². The number of carbonyl (C=O) groups excluding carboxylic acids is 1. The third-order valence-corrected chi connectivity index (χ3v) is 3.83. The minimum Gasteiger partial charge on any atom is -0.504 e. The van der Waals surface area contributed by atoms with Gasteiger partial charge in [0.2, 0.25) is 0 Å². The van der Waals surface area contributed by atoms with Crippen LogP contribution in [-0.2, 0) is 13.1 Å². The molecule has 0 aliphatic heterocycles. The maximum Gasteiger partial charge on any atom is 0.273 e. The van der Waals surface area contributed by atoms with E-state index in [-0.39, 0.29) is 11.7 Å². The zero-order valence-corrected chi connectivity index (χ0v) is 12.7. The van der Waals surface area contributed by atoms with Gasteiger partial charge in [-0.15, -0.1) is 11.3 Å². The van der Waals surface area contributed by atoms with Gasteiger partial charge in [-0.05, 0) is 17.7 Å². The van der Waals surface area contributed by atoms with Crippen LogP contribution in [0.5, 0.6) is 11.5 Å². The van der Waals surface area contributed by atoms with Crippen molar-refractivity contribution in [3.05, 3.63) is 39.8 Å². The second-order valence-corrected chi connectivity index (χ2v) is 5.44. The number of benzene rings is 1. The number of nitrogens with two attached hydrogens (primary N) is 1. The number of nitrogens with zero attached hydrogens (tertiary/aromatic N) is 2. The van der Waals surface area contributed by atoms with Crippen LogP contribution >= 0.6 is 11.3 Å². The molecule has 1 amide bonds. The fraction of sp³-hybridized carbons (Fsp3) is 0.286. The number of aromatic hydroxyl groups is 1. The van der Waals surface area contributed by atoms with Crippen LogP contribution < -0.4 is 10.5 Å². The van der Waals surface area contributed by atoms with E-state index in [2.05, 4.69) is 4.98 Å². The molecular weight excluding hydrogens is 290 g/mol. The molecule has 21 heavy (non-hydrogen) atoms. The average Bonchev–Trinajstić information content (AvgIpc) is 2.95. The molecule has 0 saturated heterocycles. The second kappa shape index (κ2) is 6.55. The lowest BCUT2D eigenvalue weighted by Gasteiger charge is -2.16. The Morgan fingerprint density at radius 2 is 2.29 bits per heavy atom. The molecule has 0 aliphatic rings. The van der Waals surface area contributed by atoms with Gasteiger partial charge in [-0.2, -0.15) is 0 Å². The van der Waals surface area contributed by atoms with Crippen LogP contribution in [0.4, 0.5) is 0 Å². The van der Waals surface area contributed by atoms with Gasteiger partial charge in [0, 0.05) is 25.5 Å². The molecule has 3 N–H and O–H groups in total. The van der Waals surface area contributed by atoms with E-state index in [1.165, 1.54) is 23.3 Å². The van der Waals surface area contributed by atoms with Crippen LogP contribution in [0.25, 0.3) is 0 Å². The Morgan fingerprint density at radius 3 is 2.86 bits per heavy atom. The first-order valence-electron chi connectivity index (χ1n) is 6.31. The molecule has 0 unspecified atom stereocenters. The molecule has 1 aromatic carbocycles. The molecule has 112 valence electrons. The van der Waals surface area contributed by atoms with Crippen molar-refractivity contribution >= 4 is 17.2 Å². The number of phenols is 1. The summed E-state index contributed by atoms with van der Waals surface area (Å²) in [5.41, 5.74) is 6.68. The molecule has 1 aromatic heterocycles. The molecule has 0 fully saturated rings. The van der Waals surface area contributed by atoms with Gasteiger partial charge in [0.1, 0.15) is 10.7 Å². The SMILES string of the molecule is COc1ccc(CN(C)C(=O)c2csc(CN)n2)cc1O. The van der Waals surface area contributed by atoms with E-state index in [1.54, 1.807) is 30.6 Å². The molecule has 0 saturated carbocycles. The lowest BCUT2D eigenvalue weighted by Crippen LogP contribution is -2.26. The molecule has 7 heteroatoms. The molecule has 2 aromatic rings. The van der Waals surface area contributed by atoms with E-state index in [0.29, 0.717) is 24.5 Å². The average molecular weight is 307 g/mol. The summed E-state index contributed by atoms with van der Waals surface area (Å²) in [6.45, 7) is 0.694. The molecule has 1 heterocycles. The normalized spacial score (nSPS) is 10.4. The lowest BCUT2D eigenvalue weighted by atomic mass is 10.2. The van der Waals surface area contributed by atoms with Crippen molar-refractivity contribution in [2.75, 3.05) is 14.2 Å². The zero-order valence-electron chi connectivity index (χ0n) is 11.9. The van der Waals surface area contributed by atoms with E-state index in [1.807, 2.05) is 0 Å². The number of hydrogen-bond acceptors (Lipinski definition) is 6. The van der Waals surface area contributed by atoms with Crippen LogP contribution in [0.3, 0.4) is 0 Å². The first-order valence-corrected chi connectivity index (χ1v) is 7.19. The van der Waals surface area contributed by atoms with Crippen molar-refractivity contribution in [3.8, 4) is 11.5 Å². The smallest absolute Gasteiger partial charge is 0.273 e. The highest BCUT2D eigenvalue weighted by Crippen LogP contribution is 2.26. The molecule has 0 aliphatic carbocycles. The zero-order chi connectivity index (χ0) is 15.4.